The van der Waals surface area contributed by atoms with E-state index in [0.29, 0.717) is 17.4 Å². The average molecular weight is 161 g/mol. The lowest BCUT2D eigenvalue weighted by Crippen LogP contribution is -1.86. The molecule has 0 aliphatic rings. The van der Waals surface area contributed by atoms with Crippen LogP contribution < -0.4 is 5.73 Å². The zero-order valence-corrected chi connectivity index (χ0v) is 6.28. The SMILES string of the molecule is Nc1oc2ccccc2c1C=O. The van der Waals surface area contributed by atoms with E-state index in [1.54, 1.807) is 12.1 Å². The molecule has 3 heteroatoms. The lowest BCUT2D eigenvalue weighted by Gasteiger charge is -1.84. The van der Waals surface area contributed by atoms with E-state index in [4.69, 9.17) is 10.2 Å². The molecule has 2 rings (SSSR count). The van der Waals surface area contributed by atoms with E-state index in [9.17, 15) is 4.79 Å². The summed E-state index contributed by atoms with van der Waals surface area (Å²) in [7, 11) is 0. The Balaban J connectivity index is 2.90. The number of para-hydroxylation sites is 1. The summed E-state index contributed by atoms with van der Waals surface area (Å²) in [6.45, 7) is 0. The van der Waals surface area contributed by atoms with Gasteiger partial charge in [0, 0.05) is 5.39 Å². The minimum atomic E-state index is 0.186. The van der Waals surface area contributed by atoms with Gasteiger partial charge in [0.15, 0.2) is 6.29 Å². The summed E-state index contributed by atoms with van der Waals surface area (Å²) >= 11 is 0. The molecule has 0 fully saturated rings. The van der Waals surface area contributed by atoms with Gasteiger partial charge < -0.3 is 10.2 Å². The molecule has 0 aliphatic carbocycles. The molecule has 60 valence electrons. The fourth-order valence-corrected chi connectivity index (χ4v) is 1.21. The fraction of sp³-hybridized carbons (Fsp3) is 0. The standard InChI is InChI=1S/C9H7NO2/c10-9-7(5-11)6-3-1-2-4-8(6)12-9/h1-5H,10H2. The largest absolute Gasteiger partial charge is 0.440 e. The number of hydrogen-bond acceptors (Lipinski definition) is 3. The van der Waals surface area contributed by atoms with Crippen LogP contribution in [-0.4, -0.2) is 6.29 Å². The highest BCUT2D eigenvalue weighted by atomic mass is 16.3. The Morgan fingerprint density at radius 2 is 2.08 bits per heavy atom. The third-order valence-electron chi connectivity index (χ3n) is 1.78. The summed E-state index contributed by atoms with van der Waals surface area (Å²) in [5.74, 6) is 0.186. The molecule has 3 nitrogen and oxygen atoms in total. The quantitative estimate of drug-likeness (QED) is 0.649. The molecule has 2 N–H and O–H groups in total. The van der Waals surface area contributed by atoms with E-state index in [2.05, 4.69) is 0 Å². The van der Waals surface area contributed by atoms with Crippen LogP contribution in [0, 0.1) is 0 Å². The zero-order valence-electron chi connectivity index (χ0n) is 6.28. The van der Waals surface area contributed by atoms with Crippen molar-refractivity contribution in [1.82, 2.24) is 0 Å². The molecule has 0 aliphatic heterocycles. The van der Waals surface area contributed by atoms with Crippen LogP contribution in [0.5, 0.6) is 0 Å². The maximum absolute atomic E-state index is 10.6. The molecule has 2 aromatic rings. The maximum Gasteiger partial charge on any atom is 0.202 e. The number of hydrogen-bond donors (Lipinski definition) is 1. The molecule has 1 aromatic carbocycles. The van der Waals surface area contributed by atoms with Gasteiger partial charge in [-0.2, -0.15) is 0 Å². The number of aldehydes is 1. The lowest BCUT2D eigenvalue weighted by molar-refractivity contribution is 0.112. The fourth-order valence-electron chi connectivity index (χ4n) is 1.21. The highest BCUT2D eigenvalue weighted by Gasteiger charge is 2.08. The van der Waals surface area contributed by atoms with Crippen LogP contribution in [0.3, 0.4) is 0 Å². The minimum absolute atomic E-state index is 0.186. The van der Waals surface area contributed by atoms with Crippen molar-refractivity contribution in [2.75, 3.05) is 5.73 Å². The first-order valence-corrected chi connectivity index (χ1v) is 3.55. The van der Waals surface area contributed by atoms with Gasteiger partial charge in [-0.05, 0) is 6.07 Å². The number of benzene rings is 1. The van der Waals surface area contributed by atoms with Crippen LogP contribution in [0.4, 0.5) is 5.88 Å². The monoisotopic (exact) mass is 161 g/mol. The second-order valence-corrected chi connectivity index (χ2v) is 2.49. The van der Waals surface area contributed by atoms with Gasteiger partial charge in [0.1, 0.15) is 5.58 Å². The molecule has 1 aromatic heterocycles. The van der Waals surface area contributed by atoms with E-state index in [1.807, 2.05) is 12.1 Å². The number of carbonyl (C=O) groups excluding carboxylic acids is 1. The first kappa shape index (κ1) is 6.91. The number of anilines is 1. The Kier molecular flexibility index (Phi) is 1.37. The third kappa shape index (κ3) is 0.797. The number of carbonyl (C=O) groups is 1. The van der Waals surface area contributed by atoms with Crippen LogP contribution in [0.25, 0.3) is 11.0 Å². The molecule has 0 bridgehead atoms. The van der Waals surface area contributed by atoms with Crippen LogP contribution in [0.15, 0.2) is 28.7 Å². The van der Waals surface area contributed by atoms with E-state index in [0.717, 1.165) is 5.39 Å². The van der Waals surface area contributed by atoms with Gasteiger partial charge >= 0.3 is 0 Å². The lowest BCUT2D eigenvalue weighted by atomic mass is 10.2. The van der Waals surface area contributed by atoms with Gasteiger partial charge in [-0.15, -0.1) is 0 Å². The molecule has 0 saturated heterocycles. The van der Waals surface area contributed by atoms with Gasteiger partial charge in [0.05, 0.1) is 5.56 Å². The molecule has 0 atom stereocenters. The molecule has 1 heterocycles. The summed E-state index contributed by atoms with van der Waals surface area (Å²) < 4.78 is 5.14. The molecule has 0 saturated carbocycles. The summed E-state index contributed by atoms with van der Waals surface area (Å²) in [6, 6.07) is 7.25. The first-order chi connectivity index (χ1) is 5.83. The molecule has 0 amide bonds. The molecular formula is C9H7NO2. The Morgan fingerprint density at radius 1 is 1.33 bits per heavy atom. The summed E-state index contributed by atoms with van der Waals surface area (Å²) in [6.07, 6.45) is 0.709. The van der Waals surface area contributed by atoms with Crippen molar-refractivity contribution in [3.63, 3.8) is 0 Å². The summed E-state index contributed by atoms with van der Waals surface area (Å²) in [5.41, 5.74) is 6.55. The Hall–Kier alpha value is -1.77. The molecule has 12 heavy (non-hydrogen) atoms. The first-order valence-electron chi connectivity index (χ1n) is 3.55. The predicted octanol–water partition coefficient (Wildman–Crippen LogP) is 1.83. The topological polar surface area (TPSA) is 56.2 Å². The van der Waals surface area contributed by atoms with E-state index >= 15 is 0 Å². The minimum Gasteiger partial charge on any atom is -0.440 e. The van der Waals surface area contributed by atoms with Gasteiger partial charge in [-0.3, -0.25) is 4.79 Å². The van der Waals surface area contributed by atoms with Crippen molar-refractivity contribution in [2.45, 2.75) is 0 Å². The number of nitrogen functional groups attached to an aromatic ring is 1. The molecular weight excluding hydrogens is 154 g/mol. The van der Waals surface area contributed by atoms with E-state index in [1.165, 1.54) is 0 Å². The van der Waals surface area contributed by atoms with Crippen molar-refractivity contribution in [3.8, 4) is 0 Å². The summed E-state index contributed by atoms with van der Waals surface area (Å²) in [4.78, 5) is 10.6. The molecule has 0 unspecified atom stereocenters. The van der Waals surface area contributed by atoms with Gasteiger partial charge in [0.2, 0.25) is 5.88 Å². The summed E-state index contributed by atoms with van der Waals surface area (Å²) in [5, 5.41) is 0.769. The Morgan fingerprint density at radius 3 is 2.83 bits per heavy atom. The van der Waals surface area contributed by atoms with Crippen LogP contribution in [-0.2, 0) is 0 Å². The smallest absolute Gasteiger partial charge is 0.202 e. The van der Waals surface area contributed by atoms with Crippen LogP contribution in [0.2, 0.25) is 0 Å². The molecule has 0 spiro atoms. The third-order valence-corrected chi connectivity index (χ3v) is 1.78. The highest BCUT2D eigenvalue weighted by molar-refractivity contribution is 6.00. The average Bonchev–Trinajstić information content (AvgIpc) is 2.40. The number of nitrogens with two attached hydrogens (primary N) is 1. The zero-order chi connectivity index (χ0) is 8.55. The van der Waals surface area contributed by atoms with Crippen LogP contribution >= 0.6 is 0 Å². The van der Waals surface area contributed by atoms with Crippen molar-refractivity contribution in [3.05, 3.63) is 29.8 Å². The van der Waals surface area contributed by atoms with Gasteiger partial charge in [0.25, 0.3) is 0 Å². The predicted molar refractivity (Wildman–Crippen MR) is 46.0 cm³/mol. The van der Waals surface area contributed by atoms with Gasteiger partial charge in [-0.1, -0.05) is 18.2 Å². The Labute approximate surface area is 68.8 Å². The second kappa shape index (κ2) is 2.37. The van der Waals surface area contributed by atoms with Crippen molar-refractivity contribution >= 4 is 23.1 Å². The normalized spacial score (nSPS) is 10.3. The van der Waals surface area contributed by atoms with Crippen molar-refractivity contribution < 1.29 is 9.21 Å². The van der Waals surface area contributed by atoms with Crippen LogP contribution in [0.1, 0.15) is 10.4 Å². The maximum atomic E-state index is 10.6. The van der Waals surface area contributed by atoms with Gasteiger partial charge in [-0.25, -0.2) is 0 Å². The number of rotatable bonds is 1. The molecule has 0 radical (unpaired) electrons. The second-order valence-electron chi connectivity index (χ2n) is 2.49. The van der Waals surface area contributed by atoms with Crippen molar-refractivity contribution in [2.24, 2.45) is 0 Å². The van der Waals surface area contributed by atoms with Crippen molar-refractivity contribution in [1.29, 1.82) is 0 Å². The van der Waals surface area contributed by atoms with E-state index in [-0.39, 0.29) is 5.88 Å². The number of furan rings is 1. The number of fused-ring (bicyclic) bond motifs is 1. The highest BCUT2D eigenvalue weighted by Crippen LogP contribution is 2.25. The van der Waals surface area contributed by atoms with E-state index < -0.39 is 0 Å². The Bertz CT molecular complexity index is 431.